The van der Waals surface area contributed by atoms with E-state index in [-0.39, 0.29) is 0 Å². The third-order valence-corrected chi connectivity index (χ3v) is 3.96. The molecule has 2 heteroatoms. The largest absolute Gasteiger partial charge is 0.308 e. The molecular formula is C17H28N2. The van der Waals surface area contributed by atoms with Crippen LogP contribution in [0.3, 0.4) is 0 Å². The molecule has 0 bridgehead atoms. The third-order valence-electron chi connectivity index (χ3n) is 3.96. The van der Waals surface area contributed by atoms with Crippen LogP contribution in [-0.4, -0.2) is 31.6 Å². The Morgan fingerprint density at radius 1 is 1.16 bits per heavy atom. The maximum atomic E-state index is 3.69. The molecule has 2 nitrogen and oxygen atoms in total. The maximum Gasteiger partial charge on any atom is 0.0220 e. The summed E-state index contributed by atoms with van der Waals surface area (Å²) in [7, 11) is 4.28. The van der Waals surface area contributed by atoms with Crippen LogP contribution in [0.25, 0.3) is 0 Å². The summed E-state index contributed by atoms with van der Waals surface area (Å²) in [5.74, 6) is 1.52. The Morgan fingerprint density at radius 2 is 1.79 bits per heavy atom. The summed E-state index contributed by atoms with van der Waals surface area (Å²) in [4.78, 5) is 2.26. The van der Waals surface area contributed by atoms with E-state index >= 15 is 0 Å². The molecule has 0 saturated heterocycles. The zero-order valence-electron chi connectivity index (χ0n) is 12.8. The zero-order valence-corrected chi connectivity index (χ0v) is 12.8. The summed E-state index contributed by atoms with van der Waals surface area (Å²) in [6, 6.07) is 9.75. The second kappa shape index (κ2) is 6.53. The standard InChI is InChI=1S/C17H28N2/c1-13(2)17(12-19(3)4)18-11-14-5-7-15(8-6-14)16-9-10-16/h5-8,13,16-18H,9-12H2,1-4H3. The van der Waals surface area contributed by atoms with Crippen molar-refractivity contribution in [1.29, 1.82) is 0 Å². The van der Waals surface area contributed by atoms with Crippen molar-refractivity contribution in [3.05, 3.63) is 35.4 Å². The minimum Gasteiger partial charge on any atom is -0.308 e. The molecule has 1 aromatic carbocycles. The lowest BCUT2D eigenvalue weighted by Gasteiger charge is -2.25. The lowest BCUT2D eigenvalue weighted by molar-refractivity contribution is 0.288. The Bertz CT molecular complexity index is 377. The Labute approximate surface area is 118 Å². The predicted octanol–water partition coefficient (Wildman–Crippen LogP) is 3.24. The van der Waals surface area contributed by atoms with Crippen molar-refractivity contribution in [1.82, 2.24) is 10.2 Å². The molecule has 0 spiro atoms. The van der Waals surface area contributed by atoms with Crippen LogP contribution in [0.15, 0.2) is 24.3 Å². The molecule has 1 saturated carbocycles. The zero-order chi connectivity index (χ0) is 13.8. The number of nitrogens with one attached hydrogen (secondary N) is 1. The van der Waals surface area contributed by atoms with E-state index in [2.05, 4.69) is 62.4 Å². The number of benzene rings is 1. The molecule has 0 aliphatic heterocycles. The van der Waals surface area contributed by atoms with Gasteiger partial charge in [0.2, 0.25) is 0 Å². The van der Waals surface area contributed by atoms with Crippen molar-refractivity contribution in [3.63, 3.8) is 0 Å². The number of likely N-dealkylation sites (N-methyl/N-ethyl adjacent to an activating group) is 1. The molecule has 1 N–H and O–H groups in total. The van der Waals surface area contributed by atoms with E-state index in [0.29, 0.717) is 12.0 Å². The number of nitrogens with zero attached hydrogens (tertiary/aromatic N) is 1. The van der Waals surface area contributed by atoms with Crippen molar-refractivity contribution >= 4 is 0 Å². The van der Waals surface area contributed by atoms with Crippen LogP contribution in [0.1, 0.15) is 43.7 Å². The van der Waals surface area contributed by atoms with Crippen LogP contribution in [-0.2, 0) is 6.54 Å². The van der Waals surface area contributed by atoms with Gasteiger partial charge in [-0.25, -0.2) is 0 Å². The molecule has 0 amide bonds. The van der Waals surface area contributed by atoms with Crippen LogP contribution in [0.5, 0.6) is 0 Å². The number of hydrogen-bond donors (Lipinski definition) is 1. The third kappa shape index (κ3) is 4.63. The van der Waals surface area contributed by atoms with Gasteiger partial charge in [-0.1, -0.05) is 38.1 Å². The van der Waals surface area contributed by atoms with E-state index in [1.54, 1.807) is 0 Å². The van der Waals surface area contributed by atoms with Gasteiger partial charge in [-0.3, -0.25) is 0 Å². The van der Waals surface area contributed by atoms with Crippen LogP contribution in [0, 0.1) is 5.92 Å². The molecule has 1 aliphatic rings. The lowest BCUT2D eigenvalue weighted by Crippen LogP contribution is -2.41. The first-order valence-corrected chi connectivity index (χ1v) is 7.53. The molecule has 1 fully saturated rings. The van der Waals surface area contributed by atoms with E-state index in [0.717, 1.165) is 19.0 Å². The van der Waals surface area contributed by atoms with Crippen LogP contribution < -0.4 is 5.32 Å². The second-order valence-electron chi connectivity index (χ2n) is 6.51. The highest BCUT2D eigenvalue weighted by Crippen LogP contribution is 2.39. The Balaban J connectivity index is 1.85. The summed E-state index contributed by atoms with van der Waals surface area (Å²) >= 11 is 0. The van der Waals surface area contributed by atoms with Crippen LogP contribution >= 0.6 is 0 Å². The number of rotatable bonds is 7. The highest BCUT2D eigenvalue weighted by Gasteiger charge is 2.22. The summed E-state index contributed by atoms with van der Waals surface area (Å²) in [6.07, 6.45) is 2.77. The van der Waals surface area contributed by atoms with E-state index in [1.165, 1.54) is 24.0 Å². The normalized spacial score (nSPS) is 17.2. The Hall–Kier alpha value is -0.860. The van der Waals surface area contributed by atoms with Gasteiger partial charge in [-0.15, -0.1) is 0 Å². The van der Waals surface area contributed by atoms with Gasteiger partial charge in [0.25, 0.3) is 0 Å². The highest BCUT2D eigenvalue weighted by molar-refractivity contribution is 5.28. The van der Waals surface area contributed by atoms with Gasteiger partial charge in [-0.2, -0.15) is 0 Å². The average Bonchev–Trinajstić information content (AvgIpc) is 3.18. The van der Waals surface area contributed by atoms with Crippen molar-refractivity contribution in [2.45, 2.75) is 45.2 Å². The van der Waals surface area contributed by atoms with Crippen molar-refractivity contribution in [2.75, 3.05) is 20.6 Å². The summed E-state index contributed by atoms with van der Waals surface area (Å²) in [5, 5.41) is 3.69. The van der Waals surface area contributed by atoms with Gasteiger partial charge in [0, 0.05) is 19.1 Å². The summed E-state index contributed by atoms with van der Waals surface area (Å²) < 4.78 is 0. The molecule has 1 unspecified atom stereocenters. The molecular weight excluding hydrogens is 232 g/mol. The van der Waals surface area contributed by atoms with Gasteiger partial charge >= 0.3 is 0 Å². The molecule has 19 heavy (non-hydrogen) atoms. The Kier molecular flexibility index (Phi) is 5.00. The van der Waals surface area contributed by atoms with Crippen molar-refractivity contribution in [3.8, 4) is 0 Å². The van der Waals surface area contributed by atoms with Gasteiger partial charge in [0.05, 0.1) is 0 Å². The Morgan fingerprint density at radius 3 is 2.26 bits per heavy atom. The highest BCUT2D eigenvalue weighted by atomic mass is 15.1. The van der Waals surface area contributed by atoms with E-state index in [1.807, 2.05) is 0 Å². The van der Waals surface area contributed by atoms with Crippen LogP contribution in [0.4, 0.5) is 0 Å². The van der Waals surface area contributed by atoms with Gasteiger partial charge < -0.3 is 10.2 Å². The van der Waals surface area contributed by atoms with E-state index in [9.17, 15) is 0 Å². The fourth-order valence-corrected chi connectivity index (χ4v) is 2.48. The topological polar surface area (TPSA) is 15.3 Å². The van der Waals surface area contributed by atoms with E-state index in [4.69, 9.17) is 0 Å². The average molecular weight is 260 g/mol. The van der Waals surface area contributed by atoms with Crippen molar-refractivity contribution in [2.24, 2.45) is 5.92 Å². The molecule has 2 rings (SSSR count). The second-order valence-corrected chi connectivity index (χ2v) is 6.51. The van der Waals surface area contributed by atoms with Gasteiger partial charge in [0.1, 0.15) is 0 Å². The monoisotopic (exact) mass is 260 g/mol. The first-order valence-electron chi connectivity index (χ1n) is 7.53. The smallest absolute Gasteiger partial charge is 0.0220 e. The summed E-state index contributed by atoms with van der Waals surface area (Å²) in [5.41, 5.74) is 2.92. The molecule has 0 aromatic heterocycles. The predicted molar refractivity (Wildman–Crippen MR) is 82.4 cm³/mol. The molecule has 0 heterocycles. The fourth-order valence-electron chi connectivity index (χ4n) is 2.48. The first kappa shape index (κ1) is 14.5. The van der Waals surface area contributed by atoms with Gasteiger partial charge in [-0.05, 0) is 49.9 Å². The first-order chi connectivity index (χ1) is 9.06. The van der Waals surface area contributed by atoms with Gasteiger partial charge in [0.15, 0.2) is 0 Å². The molecule has 0 radical (unpaired) electrons. The maximum absolute atomic E-state index is 3.69. The molecule has 1 aromatic rings. The lowest BCUT2D eigenvalue weighted by atomic mass is 10.0. The SMILES string of the molecule is CC(C)C(CN(C)C)NCc1ccc(C2CC2)cc1. The molecule has 1 aliphatic carbocycles. The fraction of sp³-hybridized carbons (Fsp3) is 0.647. The minimum absolute atomic E-state index is 0.554. The minimum atomic E-state index is 0.554. The molecule has 1 atom stereocenters. The summed E-state index contributed by atoms with van der Waals surface area (Å²) in [6.45, 7) is 6.65. The van der Waals surface area contributed by atoms with E-state index < -0.39 is 0 Å². The molecule has 106 valence electrons. The van der Waals surface area contributed by atoms with Crippen LogP contribution in [0.2, 0.25) is 0 Å². The number of hydrogen-bond acceptors (Lipinski definition) is 2. The quantitative estimate of drug-likeness (QED) is 0.809. The van der Waals surface area contributed by atoms with Crippen molar-refractivity contribution < 1.29 is 0 Å².